The predicted molar refractivity (Wildman–Crippen MR) is 61.3 cm³/mol. The molecule has 0 aromatic heterocycles. The Labute approximate surface area is 92.7 Å². The predicted octanol–water partition coefficient (Wildman–Crippen LogP) is 2.61. The zero-order valence-electron chi connectivity index (χ0n) is 7.66. The van der Waals surface area contributed by atoms with Crippen LogP contribution < -0.4 is 5.32 Å². The van der Waals surface area contributed by atoms with E-state index in [-0.39, 0.29) is 6.61 Å². The SMILES string of the molecule is OCCC1CSc2ccc(Cl)cc2N1. The van der Waals surface area contributed by atoms with Gasteiger partial charge in [-0.15, -0.1) is 11.8 Å². The molecule has 1 aliphatic rings. The minimum atomic E-state index is 0.230. The Morgan fingerprint density at radius 3 is 3.21 bits per heavy atom. The molecule has 0 fully saturated rings. The number of thioether (sulfide) groups is 1. The van der Waals surface area contributed by atoms with Crippen molar-refractivity contribution in [1.29, 1.82) is 0 Å². The van der Waals surface area contributed by atoms with Crippen LogP contribution in [0.2, 0.25) is 5.02 Å². The van der Waals surface area contributed by atoms with E-state index in [2.05, 4.69) is 5.32 Å². The number of aliphatic hydroxyl groups is 1. The lowest BCUT2D eigenvalue weighted by Crippen LogP contribution is -2.26. The lowest BCUT2D eigenvalue weighted by atomic mass is 10.2. The third-order valence-electron chi connectivity index (χ3n) is 2.22. The fourth-order valence-electron chi connectivity index (χ4n) is 1.50. The third kappa shape index (κ3) is 2.16. The molecule has 1 atom stereocenters. The van der Waals surface area contributed by atoms with Crippen LogP contribution in [0.3, 0.4) is 0 Å². The zero-order chi connectivity index (χ0) is 9.97. The summed E-state index contributed by atoms with van der Waals surface area (Å²) in [4.78, 5) is 1.24. The van der Waals surface area contributed by atoms with E-state index in [1.54, 1.807) is 0 Å². The van der Waals surface area contributed by atoms with Crippen molar-refractivity contribution >= 4 is 29.1 Å². The Hall–Kier alpha value is -0.380. The molecule has 1 aromatic carbocycles. The van der Waals surface area contributed by atoms with Gasteiger partial charge in [-0.25, -0.2) is 0 Å². The van der Waals surface area contributed by atoms with Gasteiger partial charge in [0.25, 0.3) is 0 Å². The monoisotopic (exact) mass is 229 g/mol. The molecule has 0 saturated heterocycles. The lowest BCUT2D eigenvalue weighted by molar-refractivity contribution is 0.282. The molecule has 0 saturated carbocycles. The summed E-state index contributed by atoms with van der Waals surface area (Å²) in [6, 6.07) is 6.23. The van der Waals surface area contributed by atoms with Crippen molar-refractivity contribution in [3.8, 4) is 0 Å². The Morgan fingerprint density at radius 1 is 1.57 bits per heavy atom. The van der Waals surface area contributed by atoms with E-state index in [4.69, 9.17) is 16.7 Å². The third-order valence-corrected chi connectivity index (χ3v) is 3.69. The maximum Gasteiger partial charge on any atom is 0.0495 e. The highest BCUT2D eigenvalue weighted by Crippen LogP contribution is 2.35. The number of aliphatic hydroxyl groups excluding tert-OH is 1. The van der Waals surface area contributed by atoms with Gasteiger partial charge in [0.1, 0.15) is 0 Å². The minimum absolute atomic E-state index is 0.230. The van der Waals surface area contributed by atoms with Crippen LogP contribution in [0, 0.1) is 0 Å². The Bertz CT molecular complexity index is 332. The van der Waals surface area contributed by atoms with E-state index in [0.717, 1.165) is 22.9 Å². The van der Waals surface area contributed by atoms with Gasteiger partial charge in [-0.05, 0) is 24.6 Å². The number of hydrogen-bond acceptors (Lipinski definition) is 3. The first kappa shape index (κ1) is 10.1. The summed E-state index contributed by atoms with van der Waals surface area (Å²) in [6.07, 6.45) is 0.791. The van der Waals surface area contributed by atoms with Gasteiger partial charge in [0, 0.05) is 34.0 Å². The molecule has 0 bridgehead atoms. The van der Waals surface area contributed by atoms with E-state index in [1.807, 2.05) is 30.0 Å². The molecule has 4 heteroatoms. The van der Waals surface area contributed by atoms with Crippen LogP contribution in [0.1, 0.15) is 6.42 Å². The van der Waals surface area contributed by atoms with Crippen LogP contribution in [-0.4, -0.2) is 23.5 Å². The Kier molecular flexibility index (Phi) is 3.21. The number of fused-ring (bicyclic) bond motifs is 1. The van der Waals surface area contributed by atoms with Gasteiger partial charge in [0.2, 0.25) is 0 Å². The first-order valence-corrected chi connectivity index (χ1v) is 5.95. The van der Waals surface area contributed by atoms with Crippen molar-refractivity contribution in [2.24, 2.45) is 0 Å². The second kappa shape index (κ2) is 4.43. The van der Waals surface area contributed by atoms with Gasteiger partial charge in [-0.1, -0.05) is 11.6 Å². The van der Waals surface area contributed by atoms with Crippen LogP contribution in [-0.2, 0) is 0 Å². The second-order valence-electron chi connectivity index (χ2n) is 3.31. The number of nitrogens with one attached hydrogen (secondary N) is 1. The van der Waals surface area contributed by atoms with Gasteiger partial charge < -0.3 is 10.4 Å². The molecule has 2 N–H and O–H groups in total. The van der Waals surface area contributed by atoms with E-state index in [0.29, 0.717) is 6.04 Å². The normalized spacial score (nSPS) is 20.0. The summed E-state index contributed by atoms with van der Waals surface area (Å²) in [5, 5.41) is 13.0. The molecule has 0 radical (unpaired) electrons. The molecule has 1 unspecified atom stereocenters. The number of halogens is 1. The molecule has 2 rings (SSSR count). The highest BCUT2D eigenvalue weighted by atomic mass is 35.5. The smallest absolute Gasteiger partial charge is 0.0495 e. The highest BCUT2D eigenvalue weighted by Gasteiger charge is 2.17. The van der Waals surface area contributed by atoms with Gasteiger partial charge in [-0.2, -0.15) is 0 Å². The fourth-order valence-corrected chi connectivity index (χ4v) is 2.74. The topological polar surface area (TPSA) is 32.3 Å². The molecule has 0 aliphatic carbocycles. The summed E-state index contributed by atoms with van der Waals surface area (Å²) in [5.74, 6) is 1.01. The van der Waals surface area contributed by atoms with Crippen LogP contribution in [0.15, 0.2) is 23.1 Å². The molecule has 0 amide bonds. The molecule has 1 aliphatic heterocycles. The van der Waals surface area contributed by atoms with E-state index < -0.39 is 0 Å². The molecular weight excluding hydrogens is 218 g/mol. The average Bonchev–Trinajstić information content (AvgIpc) is 2.17. The number of benzene rings is 1. The van der Waals surface area contributed by atoms with Crippen molar-refractivity contribution in [2.45, 2.75) is 17.4 Å². The van der Waals surface area contributed by atoms with Gasteiger partial charge in [-0.3, -0.25) is 0 Å². The van der Waals surface area contributed by atoms with Crippen molar-refractivity contribution in [3.63, 3.8) is 0 Å². The van der Waals surface area contributed by atoms with Gasteiger partial charge >= 0.3 is 0 Å². The van der Waals surface area contributed by atoms with Crippen molar-refractivity contribution in [1.82, 2.24) is 0 Å². The number of anilines is 1. The molecule has 0 spiro atoms. The molecule has 14 heavy (non-hydrogen) atoms. The van der Waals surface area contributed by atoms with Gasteiger partial charge in [0.15, 0.2) is 0 Å². The first-order valence-electron chi connectivity index (χ1n) is 4.59. The largest absolute Gasteiger partial charge is 0.396 e. The van der Waals surface area contributed by atoms with Gasteiger partial charge in [0.05, 0.1) is 0 Å². The Morgan fingerprint density at radius 2 is 2.43 bits per heavy atom. The summed E-state index contributed by atoms with van der Waals surface area (Å²) in [5.41, 5.74) is 1.09. The summed E-state index contributed by atoms with van der Waals surface area (Å²) >= 11 is 7.72. The van der Waals surface area contributed by atoms with Crippen molar-refractivity contribution in [2.75, 3.05) is 17.7 Å². The lowest BCUT2D eigenvalue weighted by Gasteiger charge is -2.26. The van der Waals surface area contributed by atoms with Crippen LogP contribution in [0.5, 0.6) is 0 Å². The minimum Gasteiger partial charge on any atom is -0.396 e. The van der Waals surface area contributed by atoms with E-state index in [1.165, 1.54) is 4.90 Å². The zero-order valence-corrected chi connectivity index (χ0v) is 9.24. The summed E-state index contributed by atoms with van der Waals surface area (Å²) < 4.78 is 0. The standard InChI is InChI=1S/C10H12ClNOS/c11-7-1-2-10-9(5-7)12-8(3-4-13)6-14-10/h1-2,5,8,12-13H,3-4,6H2. The van der Waals surface area contributed by atoms with Crippen LogP contribution in [0.25, 0.3) is 0 Å². The molecule has 1 heterocycles. The molecular formula is C10H12ClNOS. The van der Waals surface area contributed by atoms with Crippen molar-refractivity contribution < 1.29 is 5.11 Å². The summed E-state index contributed by atoms with van der Waals surface area (Å²) in [7, 11) is 0. The average molecular weight is 230 g/mol. The van der Waals surface area contributed by atoms with E-state index in [9.17, 15) is 0 Å². The Balaban J connectivity index is 2.16. The van der Waals surface area contributed by atoms with Crippen LogP contribution in [0.4, 0.5) is 5.69 Å². The number of hydrogen-bond donors (Lipinski definition) is 2. The second-order valence-corrected chi connectivity index (χ2v) is 4.80. The molecule has 2 nitrogen and oxygen atoms in total. The van der Waals surface area contributed by atoms with Crippen molar-refractivity contribution in [3.05, 3.63) is 23.2 Å². The maximum absolute atomic E-state index is 8.85. The number of rotatable bonds is 2. The van der Waals surface area contributed by atoms with E-state index >= 15 is 0 Å². The quantitative estimate of drug-likeness (QED) is 0.818. The fraction of sp³-hybridized carbons (Fsp3) is 0.400. The maximum atomic E-state index is 8.85. The van der Waals surface area contributed by atoms with Crippen LogP contribution >= 0.6 is 23.4 Å². The molecule has 76 valence electrons. The highest BCUT2D eigenvalue weighted by molar-refractivity contribution is 7.99. The first-order chi connectivity index (χ1) is 6.79. The summed E-state index contributed by atoms with van der Waals surface area (Å²) in [6.45, 7) is 0.230. The molecule has 1 aromatic rings.